The highest BCUT2D eigenvalue weighted by Gasteiger charge is 2.42. The van der Waals surface area contributed by atoms with E-state index >= 15 is 0 Å². The van der Waals surface area contributed by atoms with Gasteiger partial charge >= 0.3 is 0 Å². The van der Waals surface area contributed by atoms with Gasteiger partial charge in [-0.3, -0.25) is 4.57 Å². The number of ether oxygens (including phenoxy) is 1. The molecule has 1 aliphatic rings. The zero-order valence-corrected chi connectivity index (χ0v) is 9.19. The van der Waals surface area contributed by atoms with Gasteiger partial charge in [0.1, 0.15) is 30.0 Å². The number of aliphatic hydroxyl groups is 1. The fourth-order valence-corrected chi connectivity index (χ4v) is 1.89. The fourth-order valence-electron chi connectivity index (χ4n) is 1.89. The van der Waals surface area contributed by atoms with Gasteiger partial charge in [-0.15, -0.1) is 0 Å². The number of alkyl halides is 1. The van der Waals surface area contributed by atoms with E-state index in [1.54, 1.807) is 0 Å². The van der Waals surface area contributed by atoms with Crippen LogP contribution < -0.4 is 5.73 Å². The average molecular weight is 251 g/mol. The molecule has 0 aromatic carbocycles. The maximum atomic E-state index is 13.9. The predicted molar refractivity (Wildman–Crippen MR) is 59.9 cm³/mol. The van der Waals surface area contributed by atoms with Crippen molar-refractivity contribution in [3.63, 3.8) is 0 Å². The van der Waals surface area contributed by atoms with Crippen LogP contribution in [-0.2, 0) is 4.74 Å². The van der Waals surface area contributed by atoms with Crippen molar-refractivity contribution in [2.45, 2.75) is 18.5 Å². The van der Waals surface area contributed by atoms with Crippen molar-refractivity contribution in [2.24, 2.45) is 0 Å². The van der Waals surface area contributed by atoms with Crippen LogP contribution in [0.2, 0.25) is 0 Å². The molecular formula is C10H10FN5O2. The summed E-state index contributed by atoms with van der Waals surface area (Å²) in [7, 11) is 0. The number of rotatable bonds is 1. The molecule has 2 aromatic rings. The number of nitrogens with two attached hydrogens (primary N) is 1. The Bertz CT molecular complexity index is 628. The van der Waals surface area contributed by atoms with Crippen LogP contribution in [0.25, 0.3) is 11.2 Å². The highest BCUT2D eigenvalue weighted by atomic mass is 19.1. The van der Waals surface area contributed by atoms with Crippen LogP contribution in [0.1, 0.15) is 6.23 Å². The number of hydrogen-bond donors (Lipinski definition) is 2. The third-order valence-corrected chi connectivity index (χ3v) is 2.84. The van der Waals surface area contributed by atoms with Crippen molar-refractivity contribution in [3.8, 4) is 0 Å². The van der Waals surface area contributed by atoms with Gasteiger partial charge in [0.2, 0.25) is 6.23 Å². The van der Waals surface area contributed by atoms with E-state index in [2.05, 4.69) is 21.5 Å². The van der Waals surface area contributed by atoms with Crippen molar-refractivity contribution in [3.05, 3.63) is 25.0 Å². The van der Waals surface area contributed by atoms with Crippen LogP contribution >= 0.6 is 0 Å². The number of halogens is 1. The second-order valence-corrected chi connectivity index (χ2v) is 3.95. The molecule has 0 bridgehead atoms. The number of hydrogen-bond acceptors (Lipinski definition) is 6. The summed E-state index contributed by atoms with van der Waals surface area (Å²) in [5.41, 5.74) is 6.33. The first-order valence-electron chi connectivity index (χ1n) is 5.20. The summed E-state index contributed by atoms with van der Waals surface area (Å²) < 4.78 is 20.4. The van der Waals surface area contributed by atoms with Crippen LogP contribution in [0.5, 0.6) is 0 Å². The van der Waals surface area contributed by atoms with Gasteiger partial charge in [0.25, 0.3) is 0 Å². The lowest BCUT2D eigenvalue weighted by molar-refractivity contribution is 0.0406. The molecule has 2 aromatic heterocycles. The van der Waals surface area contributed by atoms with Crippen molar-refractivity contribution in [1.82, 2.24) is 19.5 Å². The highest BCUT2D eigenvalue weighted by Crippen LogP contribution is 2.34. The molecule has 3 N–H and O–H groups in total. The SMILES string of the molecule is C=C1O[C@@H](n2cnc3c(N)ncnc32)[C@H](F)[C@@H]1O. The van der Waals surface area contributed by atoms with Crippen LogP contribution in [-0.4, -0.2) is 36.9 Å². The van der Waals surface area contributed by atoms with Gasteiger partial charge in [0.05, 0.1) is 0 Å². The first kappa shape index (κ1) is 10.9. The molecular weight excluding hydrogens is 241 g/mol. The lowest BCUT2D eigenvalue weighted by Gasteiger charge is -2.14. The molecule has 0 radical (unpaired) electrons. The number of nitrogen functional groups attached to an aromatic ring is 1. The summed E-state index contributed by atoms with van der Waals surface area (Å²) >= 11 is 0. The first-order chi connectivity index (χ1) is 8.59. The Kier molecular flexibility index (Phi) is 2.20. The second kappa shape index (κ2) is 3.64. The molecule has 0 aliphatic carbocycles. The third-order valence-electron chi connectivity index (χ3n) is 2.84. The Labute approximate surface area is 101 Å². The highest BCUT2D eigenvalue weighted by molar-refractivity contribution is 5.81. The summed E-state index contributed by atoms with van der Waals surface area (Å²) in [5, 5.41) is 9.47. The molecule has 3 atom stereocenters. The second-order valence-electron chi connectivity index (χ2n) is 3.95. The van der Waals surface area contributed by atoms with Gasteiger partial charge < -0.3 is 15.6 Å². The number of aliphatic hydroxyl groups excluding tert-OH is 1. The lowest BCUT2D eigenvalue weighted by atomic mass is 10.2. The van der Waals surface area contributed by atoms with Gasteiger partial charge in [-0.05, 0) is 0 Å². The first-order valence-corrected chi connectivity index (χ1v) is 5.20. The molecule has 1 aliphatic heterocycles. The summed E-state index contributed by atoms with van der Waals surface area (Å²) in [4.78, 5) is 11.8. The van der Waals surface area contributed by atoms with E-state index in [0.29, 0.717) is 11.2 Å². The predicted octanol–water partition coefficient (Wildman–Crippen LogP) is 0.150. The summed E-state index contributed by atoms with van der Waals surface area (Å²) in [5.74, 6) is 0.183. The van der Waals surface area contributed by atoms with Crippen molar-refractivity contribution < 1.29 is 14.2 Å². The van der Waals surface area contributed by atoms with Gasteiger partial charge in [-0.1, -0.05) is 6.58 Å². The molecule has 1 fully saturated rings. The zero-order valence-electron chi connectivity index (χ0n) is 9.19. The van der Waals surface area contributed by atoms with Crippen LogP contribution in [0, 0.1) is 0 Å². The van der Waals surface area contributed by atoms with Crippen LogP contribution in [0.15, 0.2) is 25.0 Å². The van der Waals surface area contributed by atoms with Crippen molar-refractivity contribution in [2.75, 3.05) is 5.73 Å². The van der Waals surface area contributed by atoms with E-state index in [1.807, 2.05) is 0 Å². The smallest absolute Gasteiger partial charge is 0.212 e. The van der Waals surface area contributed by atoms with Crippen LogP contribution in [0.4, 0.5) is 10.2 Å². The largest absolute Gasteiger partial charge is 0.469 e. The van der Waals surface area contributed by atoms with Crippen LogP contribution in [0.3, 0.4) is 0 Å². The molecule has 94 valence electrons. The van der Waals surface area contributed by atoms with E-state index < -0.39 is 18.5 Å². The molecule has 0 spiro atoms. The minimum absolute atomic E-state index is 0.0172. The normalized spacial score (nSPS) is 27.7. The topological polar surface area (TPSA) is 99.1 Å². The Balaban J connectivity index is 2.11. The molecule has 7 nitrogen and oxygen atoms in total. The molecule has 0 saturated carbocycles. The summed E-state index contributed by atoms with van der Waals surface area (Å²) in [6.07, 6.45) is -1.44. The molecule has 3 heterocycles. The molecule has 0 amide bonds. The minimum Gasteiger partial charge on any atom is -0.469 e. The molecule has 18 heavy (non-hydrogen) atoms. The minimum atomic E-state index is -1.63. The lowest BCUT2D eigenvalue weighted by Crippen LogP contribution is -2.23. The Hall–Kier alpha value is -2.22. The number of fused-ring (bicyclic) bond motifs is 1. The molecule has 0 unspecified atom stereocenters. The maximum Gasteiger partial charge on any atom is 0.212 e. The quantitative estimate of drug-likeness (QED) is 0.748. The number of anilines is 1. The van der Waals surface area contributed by atoms with Gasteiger partial charge in [-0.2, -0.15) is 0 Å². The van der Waals surface area contributed by atoms with E-state index in [0.717, 1.165) is 0 Å². The third kappa shape index (κ3) is 1.35. The number of imidazole rings is 1. The van der Waals surface area contributed by atoms with Crippen molar-refractivity contribution >= 4 is 17.0 Å². The monoisotopic (exact) mass is 251 g/mol. The Morgan fingerprint density at radius 3 is 2.89 bits per heavy atom. The average Bonchev–Trinajstić information content (AvgIpc) is 2.88. The molecule has 3 rings (SSSR count). The Morgan fingerprint density at radius 2 is 2.22 bits per heavy atom. The standard InChI is InChI=1S/C10H10FN5O2/c1-4-7(17)5(11)10(18-4)16-3-15-6-8(12)13-2-14-9(6)16/h2-3,5,7,10,17H,1H2,(H2,12,13,14)/t5-,7-,10-/m1/s1. The maximum absolute atomic E-state index is 13.9. The van der Waals surface area contributed by atoms with Gasteiger partial charge in [-0.25, -0.2) is 19.3 Å². The van der Waals surface area contributed by atoms with E-state index in [4.69, 9.17) is 10.5 Å². The molecule has 8 heteroatoms. The number of aromatic nitrogens is 4. The van der Waals surface area contributed by atoms with E-state index in [9.17, 15) is 9.50 Å². The van der Waals surface area contributed by atoms with E-state index in [-0.39, 0.29) is 11.6 Å². The fraction of sp³-hybridized carbons (Fsp3) is 0.300. The summed E-state index contributed by atoms with van der Waals surface area (Å²) in [6, 6.07) is 0. The number of nitrogens with zero attached hydrogens (tertiary/aromatic N) is 4. The Morgan fingerprint density at radius 1 is 1.44 bits per heavy atom. The molecule has 1 saturated heterocycles. The van der Waals surface area contributed by atoms with Gasteiger partial charge in [0, 0.05) is 0 Å². The summed E-state index contributed by atoms with van der Waals surface area (Å²) in [6.45, 7) is 3.44. The van der Waals surface area contributed by atoms with E-state index in [1.165, 1.54) is 17.2 Å². The zero-order chi connectivity index (χ0) is 12.9. The van der Waals surface area contributed by atoms with Crippen molar-refractivity contribution in [1.29, 1.82) is 0 Å². The van der Waals surface area contributed by atoms with Gasteiger partial charge in [0.15, 0.2) is 17.6 Å².